The van der Waals surface area contributed by atoms with Gasteiger partial charge in [0.2, 0.25) is 0 Å². The molecule has 0 spiro atoms. The van der Waals surface area contributed by atoms with Gasteiger partial charge in [-0.2, -0.15) is 0 Å². The minimum absolute atomic E-state index is 0.0334. The molecule has 43 heavy (non-hydrogen) atoms. The maximum atomic E-state index is 13.9. The summed E-state index contributed by atoms with van der Waals surface area (Å²) in [4.78, 5) is 15.0. The third kappa shape index (κ3) is 8.38. The Morgan fingerprint density at radius 2 is 1.65 bits per heavy atom. The molecule has 13 heteroatoms. The molecule has 1 aliphatic rings. The summed E-state index contributed by atoms with van der Waals surface area (Å²) >= 11 is 0. The molecule has 0 aromatic heterocycles. The van der Waals surface area contributed by atoms with E-state index in [9.17, 15) is 35.9 Å². The summed E-state index contributed by atoms with van der Waals surface area (Å²) in [5.74, 6) is -0.487. The number of benzene rings is 3. The highest BCUT2D eigenvalue weighted by Gasteiger charge is 2.34. The second-order valence-corrected chi connectivity index (χ2v) is 12.3. The Morgan fingerprint density at radius 3 is 2.21 bits per heavy atom. The van der Waals surface area contributed by atoms with Crippen molar-refractivity contribution >= 4 is 21.4 Å². The highest BCUT2D eigenvalue weighted by atomic mass is 32.2. The highest BCUT2D eigenvalue weighted by molar-refractivity contribution is 7.91. The number of aliphatic hydroxyl groups is 1. The first kappa shape index (κ1) is 32.1. The van der Waals surface area contributed by atoms with E-state index in [-0.39, 0.29) is 29.4 Å². The van der Waals surface area contributed by atoms with Gasteiger partial charge in [-0.05, 0) is 72.6 Å². The monoisotopic (exact) mass is 624 g/mol. The zero-order chi connectivity index (χ0) is 31.2. The van der Waals surface area contributed by atoms with Crippen molar-refractivity contribution in [3.05, 3.63) is 83.9 Å². The summed E-state index contributed by atoms with van der Waals surface area (Å²) < 4.78 is 85.1. The molecule has 3 atom stereocenters. The van der Waals surface area contributed by atoms with Crippen LogP contribution in [0.3, 0.4) is 0 Å². The summed E-state index contributed by atoms with van der Waals surface area (Å²) in [5.41, 5.74) is 1.64. The first-order chi connectivity index (χ1) is 20.4. The molecule has 1 unspecified atom stereocenters. The van der Waals surface area contributed by atoms with Gasteiger partial charge in [0.05, 0.1) is 29.3 Å². The number of anilines is 1. The Hall–Kier alpha value is -3.84. The molecular weight excluding hydrogens is 592 g/mol. The van der Waals surface area contributed by atoms with Crippen molar-refractivity contribution in [2.75, 3.05) is 30.5 Å². The van der Waals surface area contributed by atoms with E-state index in [1.54, 1.807) is 43.3 Å². The molecule has 0 bridgehead atoms. The Labute approximate surface area is 247 Å². The zero-order valence-electron chi connectivity index (χ0n) is 23.3. The third-order valence-corrected chi connectivity index (χ3v) is 8.87. The molecule has 2 N–H and O–H groups in total. The topological polar surface area (TPSA) is 105 Å². The number of hydrogen-bond donors (Lipinski definition) is 2. The van der Waals surface area contributed by atoms with Crippen LogP contribution >= 0.6 is 0 Å². The van der Waals surface area contributed by atoms with Crippen LogP contribution in [0.4, 0.5) is 23.2 Å². The van der Waals surface area contributed by atoms with Crippen LogP contribution < -0.4 is 19.7 Å². The van der Waals surface area contributed by atoms with Crippen LogP contribution in [0.5, 0.6) is 11.5 Å². The molecule has 0 radical (unpaired) electrons. The zero-order valence-corrected chi connectivity index (χ0v) is 24.1. The summed E-state index contributed by atoms with van der Waals surface area (Å²) in [6, 6.07) is 16.7. The van der Waals surface area contributed by atoms with Crippen molar-refractivity contribution in [3.8, 4) is 11.5 Å². The van der Waals surface area contributed by atoms with Gasteiger partial charge in [-0.25, -0.2) is 12.8 Å². The molecule has 1 saturated heterocycles. The highest BCUT2D eigenvalue weighted by Crippen LogP contribution is 2.31. The number of aliphatic hydroxyl groups excluding tert-OH is 1. The molecule has 0 saturated carbocycles. The van der Waals surface area contributed by atoms with Gasteiger partial charge >= 0.3 is 6.36 Å². The molecule has 0 aliphatic carbocycles. The van der Waals surface area contributed by atoms with Crippen molar-refractivity contribution in [2.45, 2.75) is 49.2 Å². The van der Waals surface area contributed by atoms with E-state index in [2.05, 4.69) is 10.1 Å². The van der Waals surface area contributed by atoms with E-state index in [1.807, 2.05) is 4.90 Å². The summed E-state index contributed by atoms with van der Waals surface area (Å²) in [5, 5.41) is 12.4. The van der Waals surface area contributed by atoms with Crippen molar-refractivity contribution in [1.82, 2.24) is 5.32 Å². The largest absolute Gasteiger partial charge is 0.573 e. The molecule has 232 valence electrons. The van der Waals surface area contributed by atoms with Crippen LogP contribution in [-0.4, -0.2) is 63.5 Å². The van der Waals surface area contributed by atoms with E-state index < -0.39 is 47.0 Å². The van der Waals surface area contributed by atoms with E-state index >= 15 is 0 Å². The van der Waals surface area contributed by atoms with E-state index in [4.69, 9.17) is 4.74 Å². The lowest BCUT2D eigenvalue weighted by Gasteiger charge is -2.24. The molecule has 1 amide bonds. The summed E-state index contributed by atoms with van der Waals surface area (Å²) in [7, 11) is -3.37. The van der Waals surface area contributed by atoms with Gasteiger partial charge in [0.1, 0.15) is 24.3 Å². The van der Waals surface area contributed by atoms with Gasteiger partial charge < -0.3 is 24.8 Å². The standard InChI is InChI=1S/C30H32F4N2O6S/c1-2-43(39,40)27-13-5-20(6-14-27)28(15-16-37)35-29(38)21-3-7-22(8-4-21)36-19-26(17-23(36)18-31)41-24-9-11-25(12-10-24)42-30(32,33)34/h3-14,23,26,28,37H,2,15-19H2,1H3,(H,35,38)/t23-,26-,28?/m0/s1. The van der Waals surface area contributed by atoms with Crippen LogP contribution in [0.25, 0.3) is 0 Å². The second kappa shape index (κ2) is 13.6. The van der Waals surface area contributed by atoms with Gasteiger partial charge in [0.25, 0.3) is 5.91 Å². The molecule has 1 heterocycles. The van der Waals surface area contributed by atoms with Crippen LogP contribution in [-0.2, 0) is 9.84 Å². The fourth-order valence-corrected chi connectivity index (χ4v) is 5.79. The van der Waals surface area contributed by atoms with Crippen LogP contribution in [0.1, 0.15) is 41.7 Å². The van der Waals surface area contributed by atoms with E-state index in [0.717, 1.165) is 12.1 Å². The van der Waals surface area contributed by atoms with E-state index in [1.165, 1.54) is 24.3 Å². The average Bonchev–Trinajstić information content (AvgIpc) is 3.40. The predicted octanol–water partition coefficient (Wildman–Crippen LogP) is 5.23. The maximum Gasteiger partial charge on any atom is 0.573 e. The minimum Gasteiger partial charge on any atom is -0.489 e. The van der Waals surface area contributed by atoms with E-state index in [0.29, 0.717) is 35.5 Å². The third-order valence-electron chi connectivity index (χ3n) is 7.12. The first-order valence-electron chi connectivity index (χ1n) is 13.6. The quantitative estimate of drug-likeness (QED) is 0.266. The molecule has 8 nitrogen and oxygen atoms in total. The Bertz CT molecular complexity index is 1470. The van der Waals surface area contributed by atoms with Crippen LogP contribution in [0, 0.1) is 0 Å². The molecule has 3 aromatic rings. The minimum atomic E-state index is -4.80. The number of rotatable bonds is 12. The fraction of sp³-hybridized carbons (Fsp3) is 0.367. The number of hydrogen-bond acceptors (Lipinski definition) is 7. The van der Waals surface area contributed by atoms with Gasteiger partial charge in [-0.1, -0.05) is 19.1 Å². The second-order valence-electron chi connectivity index (χ2n) is 10.0. The van der Waals surface area contributed by atoms with Gasteiger partial charge in [0.15, 0.2) is 9.84 Å². The SMILES string of the molecule is CCS(=O)(=O)c1ccc(C(CCO)NC(=O)c2ccc(N3C[C@@H](Oc4ccc(OC(F)(F)F)cc4)C[C@H]3CF)cc2)cc1. The molecule has 1 aliphatic heterocycles. The smallest absolute Gasteiger partial charge is 0.489 e. The number of amides is 1. The average molecular weight is 625 g/mol. The first-order valence-corrected chi connectivity index (χ1v) is 15.3. The lowest BCUT2D eigenvalue weighted by molar-refractivity contribution is -0.274. The van der Waals surface area contributed by atoms with Gasteiger partial charge in [0, 0.05) is 24.3 Å². The van der Waals surface area contributed by atoms with Crippen molar-refractivity contribution < 1.29 is 45.4 Å². The molecule has 3 aromatic carbocycles. The Balaban J connectivity index is 1.39. The summed E-state index contributed by atoms with van der Waals surface area (Å²) in [6.07, 6.45) is -4.65. The molecule has 4 rings (SSSR count). The summed E-state index contributed by atoms with van der Waals surface area (Å²) in [6.45, 7) is 1.03. The van der Waals surface area contributed by atoms with Crippen LogP contribution in [0.15, 0.2) is 77.7 Å². The number of sulfone groups is 1. The Morgan fingerprint density at radius 1 is 1.02 bits per heavy atom. The Kier molecular flexibility index (Phi) is 10.2. The number of halogens is 4. The van der Waals surface area contributed by atoms with Crippen molar-refractivity contribution in [1.29, 1.82) is 0 Å². The van der Waals surface area contributed by atoms with Crippen molar-refractivity contribution in [2.24, 2.45) is 0 Å². The number of ether oxygens (including phenoxy) is 2. The number of nitrogens with zero attached hydrogens (tertiary/aromatic N) is 1. The number of alkyl halides is 4. The fourth-order valence-electron chi connectivity index (χ4n) is 4.91. The van der Waals surface area contributed by atoms with Gasteiger partial charge in [-0.15, -0.1) is 13.2 Å². The number of nitrogens with one attached hydrogen (secondary N) is 1. The molecule has 1 fully saturated rings. The number of carbonyl (C=O) groups excluding carboxylic acids is 1. The van der Waals surface area contributed by atoms with Crippen molar-refractivity contribution in [3.63, 3.8) is 0 Å². The normalized spacial score (nSPS) is 17.9. The predicted molar refractivity (Wildman–Crippen MR) is 152 cm³/mol. The van der Waals surface area contributed by atoms with Gasteiger partial charge in [-0.3, -0.25) is 4.79 Å². The lowest BCUT2D eigenvalue weighted by atomic mass is 10.0. The number of carbonyl (C=O) groups is 1. The maximum absolute atomic E-state index is 13.9. The van der Waals surface area contributed by atoms with Crippen LogP contribution in [0.2, 0.25) is 0 Å². The molecular formula is C30H32F4N2O6S. The lowest BCUT2D eigenvalue weighted by Crippen LogP contribution is -2.32.